The van der Waals surface area contributed by atoms with Crippen LogP contribution in [0.1, 0.15) is 24.8 Å². The summed E-state index contributed by atoms with van der Waals surface area (Å²) in [6, 6.07) is 10.1. The molecule has 21 heavy (non-hydrogen) atoms. The Morgan fingerprint density at radius 3 is 2.76 bits per heavy atom. The number of nitrogens with zero attached hydrogens (tertiary/aromatic N) is 1. The standard InChI is InChI=1S/C16H24N2O2.ClH/c1-18(16(19)15-9-5-6-10-17-15)11-12-20-13-14-7-3-2-4-8-14;/h2-4,7-8,15,17H,5-6,9-13H2,1H3;1H. The lowest BCUT2D eigenvalue weighted by Gasteiger charge is -2.27. The van der Waals surface area contributed by atoms with E-state index in [9.17, 15) is 4.79 Å². The van der Waals surface area contributed by atoms with E-state index in [-0.39, 0.29) is 24.4 Å². The number of piperidine rings is 1. The van der Waals surface area contributed by atoms with E-state index in [0.29, 0.717) is 19.8 Å². The van der Waals surface area contributed by atoms with Crippen LogP contribution >= 0.6 is 12.4 Å². The zero-order valence-electron chi connectivity index (χ0n) is 12.6. The highest BCUT2D eigenvalue weighted by Crippen LogP contribution is 2.09. The van der Waals surface area contributed by atoms with E-state index < -0.39 is 0 Å². The molecule has 0 aliphatic carbocycles. The fraction of sp³-hybridized carbons (Fsp3) is 0.562. The highest BCUT2D eigenvalue weighted by Gasteiger charge is 2.23. The average Bonchev–Trinajstić information content (AvgIpc) is 2.52. The molecule has 1 aromatic rings. The Morgan fingerprint density at radius 2 is 2.10 bits per heavy atom. The number of halogens is 1. The van der Waals surface area contributed by atoms with Crippen LogP contribution in [-0.2, 0) is 16.1 Å². The molecular formula is C16H25ClN2O2. The fourth-order valence-electron chi connectivity index (χ4n) is 2.40. The molecule has 1 saturated heterocycles. The highest BCUT2D eigenvalue weighted by atomic mass is 35.5. The fourth-order valence-corrected chi connectivity index (χ4v) is 2.40. The van der Waals surface area contributed by atoms with Gasteiger partial charge in [0, 0.05) is 13.6 Å². The summed E-state index contributed by atoms with van der Waals surface area (Å²) in [7, 11) is 1.85. The van der Waals surface area contributed by atoms with Crippen molar-refractivity contribution in [3.63, 3.8) is 0 Å². The van der Waals surface area contributed by atoms with Crippen molar-refractivity contribution >= 4 is 18.3 Å². The van der Waals surface area contributed by atoms with Crippen molar-refractivity contribution in [1.82, 2.24) is 10.2 Å². The van der Waals surface area contributed by atoms with E-state index in [0.717, 1.165) is 24.9 Å². The Hall–Kier alpha value is -1.10. The first kappa shape index (κ1) is 18.0. The maximum absolute atomic E-state index is 12.2. The minimum atomic E-state index is 0. The molecule has 1 aromatic carbocycles. The second-order valence-corrected chi connectivity index (χ2v) is 5.30. The summed E-state index contributed by atoms with van der Waals surface area (Å²) in [5.41, 5.74) is 1.16. The molecule has 1 aliphatic rings. The molecule has 4 nitrogen and oxygen atoms in total. The molecule has 1 amide bonds. The number of hydrogen-bond acceptors (Lipinski definition) is 3. The quantitative estimate of drug-likeness (QED) is 0.819. The van der Waals surface area contributed by atoms with Crippen molar-refractivity contribution in [2.45, 2.75) is 31.9 Å². The van der Waals surface area contributed by atoms with Crippen molar-refractivity contribution in [1.29, 1.82) is 0 Å². The minimum absolute atomic E-state index is 0. The summed E-state index contributed by atoms with van der Waals surface area (Å²) in [4.78, 5) is 13.9. The zero-order valence-corrected chi connectivity index (χ0v) is 13.4. The monoisotopic (exact) mass is 312 g/mol. The van der Waals surface area contributed by atoms with E-state index in [4.69, 9.17) is 4.74 Å². The molecule has 1 fully saturated rings. The number of amides is 1. The Balaban J connectivity index is 0.00000220. The smallest absolute Gasteiger partial charge is 0.239 e. The SMILES string of the molecule is CN(CCOCc1ccccc1)C(=O)C1CCCCN1.Cl. The van der Waals surface area contributed by atoms with Gasteiger partial charge in [0.05, 0.1) is 19.3 Å². The molecule has 0 aromatic heterocycles. The van der Waals surface area contributed by atoms with Gasteiger partial charge in [-0.25, -0.2) is 0 Å². The minimum Gasteiger partial charge on any atom is -0.375 e. The lowest BCUT2D eigenvalue weighted by atomic mass is 10.0. The van der Waals surface area contributed by atoms with Gasteiger partial charge in [-0.1, -0.05) is 36.8 Å². The number of carbonyl (C=O) groups excluding carboxylic acids is 1. The first-order chi connectivity index (χ1) is 9.77. The van der Waals surface area contributed by atoms with E-state index in [1.54, 1.807) is 4.90 Å². The Labute approximate surface area is 133 Å². The van der Waals surface area contributed by atoms with Gasteiger partial charge in [-0.05, 0) is 24.9 Å². The summed E-state index contributed by atoms with van der Waals surface area (Å²) >= 11 is 0. The molecule has 1 atom stereocenters. The van der Waals surface area contributed by atoms with Gasteiger partial charge in [-0.2, -0.15) is 0 Å². The average molecular weight is 313 g/mol. The third kappa shape index (κ3) is 6.04. The van der Waals surface area contributed by atoms with Gasteiger partial charge in [-0.15, -0.1) is 12.4 Å². The molecule has 1 heterocycles. The van der Waals surface area contributed by atoms with Gasteiger partial charge in [0.15, 0.2) is 0 Å². The van der Waals surface area contributed by atoms with Crippen molar-refractivity contribution in [3.8, 4) is 0 Å². The van der Waals surface area contributed by atoms with Gasteiger partial charge in [0.2, 0.25) is 5.91 Å². The topological polar surface area (TPSA) is 41.6 Å². The molecule has 0 spiro atoms. The molecular weight excluding hydrogens is 288 g/mol. The first-order valence-corrected chi connectivity index (χ1v) is 7.37. The lowest BCUT2D eigenvalue weighted by molar-refractivity contribution is -0.133. The van der Waals surface area contributed by atoms with E-state index in [1.807, 2.05) is 37.4 Å². The summed E-state index contributed by atoms with van der Waals surface area (Å²) < 4.78 is 5.61. The number of benzene rings is 1. The first-order valence-electron chi connectivity index (χ1n) is 7.37. The second kappa shape index (κ2) is 9.77. The number of rotatable bonds is 6. The number of nitrogens with one attached hydrogen (secondary N) is 1. The maximum Gasteiger partial charge on any atom is 0.239 e. The van der Waals surface area contributed by atoms with Gasteiger partial charge in [0.25, 0.3) is 0 Å². The van der Waals surface area contributed by atoms with Crippen LogP contribution in [0.25, 0.3) is 0 Å². The van der Waals surface area contributed by atoms with Crippen molar-refractivity contribution in [2.75, 3.05) is 26.7 Å². The van der Waals surface area contributed by atoms with Crippen LogP contribution in [-0.4, -0.2) is 43.6 Å². The molecule has 5 heteroatoms. The molecule has 0 bridgehead atoms. The second-order valence-electron chi connectivity index (χ2n) is 5.30. The number of likely N-dealkylation sites (N-methyl/N-ethyl adjacent to an activating group) is 1. The summed E-state index contributed by atoms with van der Waals surface area (Å²) in [6.45, 7) is 2.77. The Morgan fingerprint density at radius 1 is 1.33 bits per heavy atom. The predicted molar refractivity (Wildman–Crippen MR) is 86.6 cm³/mol. The van der Waals surface area contributed by atoms with Gasteiger partial charge in [-0.3, -0.25) is 4.79 Å². The summed E-state index contributed by atoms with van der Waals surface area (Å²) in [5, 5.41) is 3.28. The van der Waals surface area contributed by atoms with Crippen LogP contribution in [0.5, 0.6) is 0 Å². The molecule has 1 N–H and O–H groups in total. The van der Waals surface area contributed by atoms with Crippen molar-refractivity contribution < 1.29 is 9.53 Å². The van der Waals surface area contributed by atoms with Crippen molar-refractivity contribution in [3.05, 3.63) is 35.9 Å². The molecule has 118 valence electrons. The Bertz CT molecular complexity index is 408. The van der Waals surface area contributed by atoms with Gasteiger partial charge >= 0.3 is 0 Å². The van der Waals surface area contributed by atoms with Crippen LogP contribution in [0.2, 0.25) is 0 Å². The predicted octanol–water partition coefficient (Wildman–Crippen LogP) is 2.23. The molecule has 1 unspecified atom stereocenters. The van der Waals surface area contributed by atoms with Crippen LogP contribution in [0.15, 0.2) is 30.3 Å². The Kier molecular flexibility index (Phi) is 8.35. The number of ether oxygens (including phenoxy) is 1. The van der Waals surface area contributed by atoms with Gasteiger partial charge in [0.1, 0.15) is 0 Å². The van der Waals surface area contributed by atoms with E-state index >= 15 is 0 Å². The van der Waals surface area contributed by atoms with E-state index in [1.165, 1.54) is 6.42 Å². The number of hydrogen-bond donors (Lipinski definition) is 1. The zero-order chi connectivity index (χ0) is 14.2. The lowest BCUT2D eigenvalue weighted by Crippen LogP contribution is -2.47. The van der Waals surface area contributed by atoms with E-state index in [2.05, 4.69) is 5.32 Å². The normalized spacial score (nSPS) is 17.9. The van der Waals surface area contributed by atoms with Crippen LogP contribution < -0.4 is 5.32 Å². The summed E-state index contributed by atoms with van der Waals surface area (Å²) in [5.74, 6) is 0.188. The maximum atomic E-state index is 12.2. The highest BCUT2D eigenvalue weighted by molar-refractivity contribution is 5.85. The molecule has 1 aliphatic heterocycles. The summed E-state index contributed by atoms with van der Waals surface area (Å²) in [6.07, 6.45) is 3.27. The van der Waals surface area contributed by atoms with Gasteiger partial charge < -0.3 is 15.0 Å². The van der Waals surface area contributed by atoms with Crippen LogP contribution in [0, 0.1) is 0 Å². The molecule has 0 saturated carbocycles. The largest absolute Gasteiger partial charge is 0.375 e. The molecule has 0 radical (unpaired) electrons. The third-order valence-electron chi connectivity index (χ3n) is 3.67. The van der Waals surface area contributed by atoms with Crippen LogP contribution in [0.3, 0.4) is 0 Å². The van der Waals surface area contributed by atoms with Crippen molar-refractivity contribution in [2.24, 2.45) is 0 Å². The number of carbonyl (C=O) groups is 1. The molecule has 2 rings (SSSR count). The third-order valence-corrected chi connectivity index (χ3v) is 3.67. The van der Waals surface area contributed by atoms with Crippen LogP contribution in [0.4, 0.5) is 0 Å².